The molecule has 0 aliphatic carbocycles. The molecule has 0 saturated carbocycles. The van der Waals surface area contributed by atoms with Crippen molar-refractivity contribution in [2.24, 2.45) is 5.73 Å². The minimum absolute atomic E-state index is 0.275. The van der Waals surface area contributed by atoms with Gasteiger partial charge in [-0.2, -0.15) is 0 Å². The normalized spacial score (nSPS) is 12.2. The third-order valence-electron chi connectivity index (χ3n) is 3.22. The first-order valence-corrected chi connectivity index (χ1v) is 6.82. The molecule has 3 nitrogen and oxygen atoms in total. The fourth-order valence-corrected chi connectivity index (χ4v) is 2.11. The van der Waals surface area contributed by atoms with Gasteiger partial charge in [-0.15, -0.1) is 0 Å². The van der Waals surface area contributed by atoms with E-state index in [-0.39, 0.29) is 11.9 Å². The Morgan fingerprint density at radius 3 is 2.67 bits per heavy atom. The molecule has 1 unspecified atom stereocenters. The summed E-state index contributed by atoms with van der Waals surface area (Å²) in [5.74, 6) is 0.985. The maximum atomic E-state index is 13.7. The fraction of sp³-hybridized carbons (Fsp3) is 0.294. The van der Waals surface area contributed by atoms with Gasteiger partial charge >= 0.3 is 0 Å². The molecule has 1 atom stereocenters. The van der Waals surface area contributed by atoms with Gasteiger partial charge in [0.05, 0.1) is 6.61 Å². The highest BCUT2D eigenvalue weighted by atomic mass is 19.1. The first kappa shape index (κ1) is 15.5. The molecule has 0 aromatic heterocycles. The summed E-state index contributed by atoms with van der Waals surface area (Å²) in [5.41, 5.74) is 8.09. The molecular weight excluding hydrogens is 269 g/mol. The first-order chi connectivity index (χ1) is 10.0. The molecule has 4 heteroatoms. The molecule has 2 aromatic rings. The van der Waals surface area contributed by atoms with Gasteiger partial charge in [-0.05, 0) is 49.2 Å². The van der Waals surface area contributed by atoms with Crippen LogP contribution < -0.4 is 10.5 Å². The van der Waals surface area contributed by atoms with E-state index in [1.807, 2.05) is 24.3 Å². The molecule has 0 radical (unpaired) electrons. The van der Waals surface area contributed by atoms with E-state index < -0.39 is 0 Å². The Hall–Kier alpha value is -1.91. The highest BCUT2D eigenvalue weighted by molar-refractivity contribution is 5.43. The molecule has 0 heterocycles. The Balaban J connectivity index is 2.34. The lowest BCUT2D eigenvalue weighted by molar-refractivity contribution is 0.184. The van der Waals surface area contributed by atoms with E-state index in [1.54, 1.807) is 27.0 Å². The van der Waals surface area contributed by atoms with Crippen LogP contribution in [0.2, 0.25) is 0 Å². The summed E-state index contributed by atoms with van der Waals surface area (Å²) >= 11 is 0. The number of methoxy groups -OCH3 is 1. The molecule has 0 spiro atoms. The minimum atomic E-state index is -0.308. The second-order valence-corrected chi connectivity index (χ2v) is 5.11. The molecule has 2 aromatic carbocycles. The van der Waals surface area contributed by atoms with E-state index in [2.05, 4.69) is 0 Å². The standard InChI is InChI=1S/C17H20FNO2/c1-11-7-17(15(12(2)19)9-16(11)18)21-14-6-4-5-13(8-14)10-20-3/h4-9,12H,10,19H2,1-3H3. The number of benzene rings is 2. The predicted molar refractivity (Wildman–Crippen MR) is 81.0 cm³/mol. The number of halogens is 1. The van der Waals surface area contributed by atoms with Crippen molar-refractivity contribution in [2.75, 3.05) is 7.11 Å². The van der Waals surface area contributed by atoms with Gasteiger partial charge in [0.1, 0.15) is 17.3 Å². The molecule has 0 bridgehead atoms. The molecule has 2 rings (SSSR count). The van der Waals surface area contributed by atoms with Crippen LogP contribution in [0.5, 0.6) is 11.5 Å². The van der Waals surface area contributed by atoms with E-state index in [0.717, 1.165) is 5.56 Å². The van der Waals surface area contributed by atoms with Crippen LogP contribution in [-0.2, 0) is 11.3 Å². The maximum Gasteiger partial charge on any atom is 0.132 e. The van der Waals surface area contributed by atoms with Gasteiger partial charge in [0.15, 0.2) is 0 Å². The van der Waals surface area contributed by atoms with Crippen molar-refractivity contribution in [1.82, 2.24) is 0 Å². The Kier molecular flexibility index (Phi) is 4.94. The molecule has 0 aliphatic rings. The molecular formula is C17H20FNO2. The zero-order valence-corrected chi connectivity index (χ0v) is 12.5. The zero-order chi connectivity index (χ0) is 15.4. The smallest absolute Gasteiger partial charge is 0.132 e. The van der Waals surface area contributed by atoms with Crippen LogP contribution in [-0.4, -0.2) is 7.11 Å². The zero-order valence-electron chi connectivity index (χ0n) is 12.5. The van der Waals surface area contributed by atoms with Crippen molar-refractivity contribution in [1.29, 1.82) is 0 Å². The van der Waals surface area contributed by atoms with Crippen LogP contribution in [0.15, 0.2) is 36.4 Å². The average Bonchev–Trinajstić information content (AvgIpc) is 2.43. The molecule has 0 amide bonds. The minimum Gasteiger partial charge on any atom is -0.457 e. The third kappa shape index (κ3) is 3.80. The summed E-state index contributed by atoms with van der Waals surface area (Å²) in [6.07, 6.45) is 0. The number of nitrogens with two attached hydrogens (primary N) is 1. The van der Waals surface area contributed by atoms with Crippen LogP contribution in [0.4, 0.5) is 4.39 Å². The molecule has 112 valence electrons. The molecule has 2 N–H and O–H groups in total. The van der Waals surface area contributed by atoms with E-state index >= 15 is 0 Å². The number of hydrogen-bond acceptors (Lipinski definition) is 3. The first-order valence-electron chi connectivity index (χ1n) is 6.82. The van der Waals surface area contributed by atoms with E-state index in [9.17, 15) is 4.39 Å². The Labute approximate surface area is 124 Å². The second-order valence-electron chi connectivity index (χ2n) is 5.11. The van der Waals surface area contributed by atoms with Crippen LogP contribution in [0.3, 0.4) is 0 Å². The summed E-state index contributed by atoms with van der Waals surface area (Å²) < 4.78 is 24.7. The maximum absolute atomic E-state index is 13.7. The number of ether oxygens (including phenoxy) is 2. The van der Waals surface area contributed by atoms with Crippen LogP contribution in [0, 0.1) is 12.7 Å². The SMILES string of the molecule is COCc1cccc(Oc2cc(C)c(F)cc2C(C)N)c1. The van der Waals surface area contributed by atoms with Crippen molar-refractivity contribution in [3.8, 4) is 11.5 Å². The summed E-state index contributed by atoms with van der Waals surface area (Å²) in [5, 5.41) is 0. The fourth-order valence-electron chi connectivity index (χ4n) is 2.11. The van der Waals surface area contributed by atoms with Crippen molar-refractivity contribution in [3.05, 3.63) is 58.9 Å². The lowest BCUT2D eigenvalue weighted by atomic mass is 10.0. The van der Waals surface area contributed by atoms with Gasteiger partial charge in [-0.25, -0.2) is 4.39 Å². The Bertz CT molecular complexity index is 626. The summed E-state index contributed by atoms with van der Waals surface area (Å²) in [4.78, 5) is 0. The van der Waals surface area contributed by atoms with Gasteiger partial charge < -0.3 is 15.2 Å². The van der Waals surface area contributed by atoms with Crippen LogP contribution in [0.1, 0.15) is 29.7 Å². The highest BCUT2D eigenvalue weighted by Crippen LogP contribution is 2.31. The van der Waals surface area contributed by atoms with Crippen LogP contribution >= 0.6 is 0 Å². The van der Waals surface area contributed by atoms with Gasteiger partial charge in [0.2, 0.25) is 0 Å². The van der Waals surface area contributed by atoms with Crippen molar-refractivity contribution < 1.29 is 13.9 Å². The van der Waals surface area contributed by atoms with Crippen molar-refractivity contribution in [2.45, 2.75) is 26.5 Å². The lowest BCUT2D eigenvalue weighted by Gasteiger charge is -2.15. The van der Waals surface area contributed by atoms with Crippen molar-refractivity contribution in [3.63, 3.8) is 0 Å². The van der Waals surface area contributed by atoms with E-state index in [0.29, 0.717) is 29.2 Å². The van der Waals surface area contributed by atoms with Gasteiger partial charge in [-0.1, -0.05) is 12.1 Å². The van der Waals surface area contributed by atoms with Gasteiger partial charge in [0.25, 0.3) is 0 Å². The third-order valence-corrected chi connectivity index (χ3v) is 3.22. The Morgan fingerprint density at radius 2 is 2.00 bits per heavy atom. The highest BCUT2D eigenvalue weighted by Gasteiger charge is 2.13. The number of hydrogen-bond donors (Lipinski definition) is 1. The van der Waals surface area contributed by atoms with Crippen LogP contribution in [0.25, 0.3) is 0 Å². The summed E-state index contributed by atoms with van der Waals surface area (Å²) in [6, 6.07) is 10.4. The molecule has 0 fully saturated rings. The number of aryl methyl sites for hydroxylation is 1. The summed E-state index contributed by atoms with van der Waals surface area (Å²) in [7, 11) is 1.64. The lowest BCUT2D eigenvalue weighted by Crippen LogP contribution is -2.08. The topological polar surface area (TPSA) is 44.5 Å². The molecule has 21 heavy (non-hydrogen) atoms. The van der Waals surface area contributed by atoms with E-state index in [4.69, 9.17) is 15.2 Å². The second kappa shape index (κ2) is 6.70. The van der Waals surface area contributed by atoms with Gasteiger partial charge in [0, 0.05) is 18.7 Å². The quantitative estimate of drug-likeness (QED) is 0.901. The predicted octanol–water partition coefficient (Wildman–Crippen LogP) is 4.09. The summed E-state index contributed by atoms with van der Waals surface area (Å²) in [6.45, 7) is 4.02. The molecule has 0 aliphatic heterocycles. The molecule has 0 saturated heterocycles. The monoisotopic (exact) mass is 289 g/mol. The van der Waals surface area contributed by atoms with Crippen molar-refractivity contribution >= 4 is 0 Å². The van der Waals surface area contributed by atoms with E-state index in [1.165, 1.54) is 6.07 Å². The van der Waals surface area contributed by atoms with Gasteiger partial charge in [-0.3, -0.25) is 0 Å². The number of rotatable bonds is 5. The average molecular weight is 289 g/mol. The Morgan fingerprint density at radius 1 is 1.24 bits per heavy atom. The largest absolute Gasteiger partial charge is 0.457 e.